The summed E-state index contributed by atoms with van der Waals surface area (Å²) in [7, 11) is 0. The normalized spacial score (nSPS) is 27.5. The summed E-state index contributed by atoms with van der Waals surface area (Å²) in [4.78, 5) is 0. The average Bonchev–Trinajstić information content (AvgIpc) is 2.39. The van der Waals surface area contributed by atoms with Crippen LogP contribution in [0.5, 0.6) is 0 Å². The van der Waals surface area contributed by atoms with Crippen molar-refractivity contribution in [2.24, 2.45) is 0 Å². The van der Waals surface area contributed by atoms with Crippen molar-refractivity contribution in [3.05, 3.63) is 33.6 Å². The predicted octanol–water partition coefficient (Wildman–Crippen LogP) is 4.86. The Kier molecular flexibility index (Phi) is 2.82. The highest BCUT2D eigenvalue weighted by atomic mass is 35.5. The van der Waals surface area contributed by atoms with Crippen molar-refractivity contribution in [2.45, 2.75) is 17.0 Å². The number of rotatable bonds is 0. The molecule has 0 N–H and O–H groups in total. The van der Waals surface area contributed by atoms with Crippen LogP contribution in [0.4, 0.5) is 35.1 Å². The van der Waals surface area contributed by atoms with Crippen LogP contribution in [0.1, 0.15) is 11.1 Å². The van der Waals surface area contributed by atoms with Crippen molar-refractivity contribution in [2.75, 3.05) is 0 Å². The lowest BCUT2D eigenvalue weighted by Gasteiger charge is -2.24. The van der Waals surface area contributed by atoms with Crippen LogP contribution < -0.4 is 0 Å². The van der Waals surface area contributed by atoms with E-state index in [0.717, 1.165) is 0 Å². The molecule has 0 aromatic heterocycles. The molecule has 1 aliphatic rings. The second-order valence-electron chi connectivity index (χ2n) is 3.73. The zero-order valence-electron chi connectivity index (χ0n) is 8.28. The lowest BCUT2D eigenvalue weighted by atomic mass is 10.1. The molecule has 0 spiro atoms. The molecule has 0 saturated heterocycles. The number of hydrogen-bond acceptors (Lipinski definition) is 0. The second-order valence-corrected chi connectivity index (χ2v) is 4.63. The minimum absolute atomic E-state index is 1.74. The molecule has 106 valence electrons. The standard InChI is InChI=1S/C9Cl2F8/c10-3-4(12)1-2(5(13)6(3)14)8(16,17)9(18,19)7(1,11)15. The molecule has 0 bridgehead atoms. The van der Waals surface area contributed by atoms with Crippen LogP contribution >= 0.6 is 23.2 Å². The van der Waals surface area contributed by atoms with Crippen LogP contribution in [-0.2, 0) is 11.1 Å². The maximum Gasteiger partial charge on any atom is 0.365 e. The van der Waals surface area contributed by atoms with Crippen molar-refractivity contribution in [3.8, 4) is 0 Å². The second kappa shape index (κ2) is 3.66. The van der Waals surface area contributed by atoms with E-state index in [0.29, 0.717) is 0 Å². The molecule has 10 heteroatoms. The number of benzene rings is 1. The number of fused-ring (bicyclic) bond motifs is 1. The summed E-state index contributed by atoms with van der Waals surface area (Å²) in [6, 6.07) is 0. The Hall–Kier alpha value is -0.760. The first-order chi connectivity index (χ1) is 8.39. The van der Waals surface area contributed by atoms with Crippen molar-refractivity contribution < 1.29 is 35.1 Å². The van der Waals surface area contributed by atoms with Crippen LogP contribution in [0.3, 0.4) is 0 Å². The zero-order valence-corrected chi connectivity index (χ0v) is 9.79. The van der Waals surface area contributed by atoms with Gasteiger partial charge in [-0.1, -0.05) is 23.2 Å². The van der Waals surface area contributed by atoms with Gasteiger partial charge in [-0.2, -0.15) is 17.6 Å². The van der Waals surface area contributed by atoms with E-state index in [4.69, 9.17) is 11.6 Å². The highest BCUT2D eigenvalue weighted by Gasteiger charge is 2.79. The lowest BCUT2D eigenvalue weighted by Crippen LogP contribution is -2.43. The Morgan fingerprint density at radius 2 is 1.21 bits per heavy atom. The van der Waals surface area contributed by atoms with Crippen molar-refractivity contribution >= 4 is 23.2 Å². The Morgan fingerprint density at radius 1 is 0.737 bits per heavy atom. The molecule has 0 radical (unpaired) electrons. The van der Waals surface area contributed by atoms with Crippen LogP contribution in [0, 0.1) is 17.5 Å². The topological polar surface area (TPSA) is 0 Å². The summed E-state index contributed by atoms with van der Waals surface area (Å²) in [6.07, 6.45) is 0. The molecule has 1 atom stereocenters. The first-order valence-electron chi connectivity index (χ1n) is 4.39. The molecule has 1 aromatic carbocycles. The average molecular weight is 331 g/mol. The Morgan fingerprint density at radius 3 is 1.68 bits per heavy atom. The van der Waals surface area contributed by atoms with Gasteiger partial charge in [0, 0.05) is 0 Å². The minimum Gasteiger partial charge on any atom is -0.214 e. The number of hydrogen-bond donors (Lipinski definition) is 0. The fourth-order valence-corrected chi connectivity index (χ4v) is 2.21. The summed E-state index contributed by atoms with van der Waals surface area (Å²) in [5.41, 5.74) is -4.68. The Balaban J connectivity index is 3.02. The smallest absolute Gasteiger partial charge is 0.214 e. The third kappa shape index (κ3) is 1.41. The van der Waals surface area contributed by atoms with Gasteiger partial charge in [0.1, 0.15) is 5.02 Å². The monoisotopic (exact) mass is 330 g/mol. The summed E-state index contributed by atoms with van der Waals surface area (Å²) in [5, 5.41) is -6.50. The van der Waals surface area contributed by atoms with E-state index in [-0.39, 0.29) is 0 Å². The van der Waals surface area contributed by atoms with Gasteiger partial charge in [-0.25, -0.2) is 17.6 Å². The van der Waals surface area contributed by atoms with Gasteiger partial charge in [-0.05, 0) is 0 Å². The van der Waals surface area contributed by atoms with Crippen molar-refractivity contribution in [3.63, 3.8) is 0 Å². The van der Waals surface area contributed by atoms with Crippen LogP contribution in [0.2, 0.25) is 5.02 Å². The van der Waals surface area contributed by atoms with E-state index in [1.54, 1.807) is 0 Å². The highest BCUT2D eigenvalue weighted by molar-refractivity contribution is 6.31. The molecular formula is C9Cl2F8. The maximum atomic E-state index is 13.6. The summed E-state index contributed by atoms with van der Waals surface area (Å²) < 4.78 is 106. The molecule has 2 rings (SSSR count). The predicted molar refractivity (Wildman–Crippen MR) is 48.8 cm³/mol. The largest absolute Gasteiger partial charge is 0.365 e. The third-order valence-corrected chi connectivity index (χ3v) is 3.44. The van der Waals surface area contributed by atoms with Gasteiger partial charge in [0.05, 0.1) is 11.1 Å². The van der Waals surface area contributed by atoms with E-state index in [2.05, 4.69) is 11.6 Å². The minimum atomic E-state index is -5.68. The molecule has 1 aromatic rings. The van der Waals surface area contributed by atoms with E-state index in [1.807, 2.05) is 0 Å². The first-order valence-corrected chi connectivity index (χ1v) is 5.15. The fraction of sp³-hybridized carbons (Fsp3) is 0.333. The summed E-state index contributed by atoms with van der Waals surface area (Å²) >= 11 is 9.47. The van der Waals surface area contributed by atoms with Crippen LogP contribution in [0.25, 0.3) is 0 Å². The maximum absolute atomic E-state index is 13.6. The quantitative estimate of drug-likeness (QED) is 0.276. The van der Waals surface area contributed by atoms with Crippen LogP contribution in [-0.4, -0.2) is 5.92 Å². The summed E-state index contributed by atoms with van der Waals surface area (Å²) in [5.74, 6) is -18.4. The van der Waals surface area contributed by atoms with E-state index < -0.39 is 50.6 Å². The fourth-order valence-electron chi connectivity index (χ4n) is 1.73. The third-order valence-electron chi connectivity index (χ3n) is 2.68. The van der Waals surface area contributed by atoms with Gasteiger partial charge in [-0.15, -0.1) is 0 Å². The highest BCUT2D eigenvalue weighted by Crippen LogP contribution is 2.65. The number of alkyl halides is 6. The SMILES string of the molecule is Fc1c(F)c2c(c(F)c1Cl)C(F)(Cl)C(F)(F)C2(F)F. The molecule has 0 fully saturated rings. The Labute approximate surface area is 109 Å². The lowest BCUT2D eigenvalue weighted by molar-refractivity contribution is -0.245. The first kappa shape index (κ1) is 14.6. The Bertz CT molecular complexity index is 531. The molecule has 0 saturated carbocycles. The zero-order chi connectivity index (χ0) is 15.0. The van der Waals surface area contributed by atoms with Gasteiger partial charge in [0.15, 0.2) is 17.5 Å². The van der Waals surface area contributed by atoms with Crippen molar-refractivity contribution in [1.82, 2.24) is 0 Å². The van der Waals surface area contributed by atoms with E-state index in [9.17, 15) is 35.1 Å². The molecule has 1 unspecified atom stereocenters. The van der Waals surface area contributed by atoms with Gasteiger partial charge in [0.25, 0.3) is 5.13 Å². The van der Waals surface area contributed by atoms with Gasteiger partial charge < -0.3 is 0 Å². The number of halogens is 10. The molecular weight excluding hydrogens is 331 g/mol. The molecule has 0 heterocycles. The van der Waals surface area contributed by atoms with E-state index in [1.165, 1.54) is 0 Å². The van der Waals surface area contributed by atoms with Crippen LogP contribution in [0.15, 0.2) is 0 Å². The molecule has 0 amide bonds. The molecule has 1 aliphatic carbocycles. The van der Waals surface area contributed by atoms with Gasteiger partial charge in [-0.3, -0.25) is 0 Å². The van der Waals surface area contributed by atoms with E-state index >= 15 is 0 Å². The molecule has 19 heavy (non-hydrogen) atoms. The van der Waals surface area contributed by atoms with Gasteiger partial charge in [0.2, 0.25) is 0 Å². The summed E-state index contributed by atoms with van der Waals surface area (Å²) in [6.45, 7) is 0. The molecule has 0 nitrogen and oxygen atoms in total. The molecule has 0 aliphatic heterocycles. The van der Waals surface area contributed by atoms with Crippen molar-refractivity contribution in [1.29, 1.82) is 0 Å². The van der Waals surface area contributed by atoms with Gasteiger partial charge >= 0.3 is 11.8 Å².